The maximum absolute atomic E-state index is 12.0. The van der Waals surface area contributed by atoms with E-state index < -0.39 is 0 Å². The highest BCUT2D eigenvalue weighted by Gasteiger charge is 2.13. The second-order valence-electron chi connectivity index (χ2n) is 5.31. The van der Waals surface area contributed by atoms with Gasteiger partial charge in [-0.1, -0.05) is 18.2 Å². The quantitative estimate of drug-likeness (QED) is 0.889. The van der Waals surface area contributed by atoms with Gasteiger partial charge in [0.1, 0.15) is 5.75 Å². The summed E-state index contributed by atoms with van der Waals surface area (Å²) in [7, 11) is 1.62. The molecule has 1 heterocycles. The lowest BCUT2D eigenvalue weighted by atomic mass is 10.1. The van der Waals surface area contributed by atoms with Crippen molar-refractivity contribution in [2.24, 2.45) is 0 Å². The van der Waals surface area contributed by atoms with Gasteiger partial charge in [0.15, 0.2) is 11.5 Å². The Kier molecular flexibility index (Phi) is 4.66. The Balaban J connectivity index is 1.45. The largest absolute Gasteiger partial charge is 0.497 e. The van der Waals surface area contributed by atoms with Crippen LogP contribution < -0.4 is 19.5 Å². The zero-order valence-electron chi connectivity index (χ0n) is 13.0. The summed E-state index contributed by atoms with van der Waals surface area (Å²) in [6, 6.07) is 13.4. The number of amides is 1. The Bertz CT molecular complexity index is 682. The molecule has 0 aliphatic carbocycles. The molecule has 0 fully saturated rings. The third kappa shape index (κ3) is 3.94. The molecule has 5 heteroatoms. The van der Waals surface area contributed by atoms with Gasteiger partial charge in [-0.05, 0) is 41.8 Å². The molecule has 1 amide bonds. The number of ether oxygens (including phenoxy) is 3. The van der Waals surface area contributed by atoms with E-state index in [9.17, 15) is 4.79 Å². The van der Waals surface area contributed by atoms with Gasteiger partial charge in [0, 0.05) is 6.54 Å². The summed E-state index contributed by atoms with van der Waals surface area (Å²) in [5, 5.41) is 2.93. The summed E-state index contributed by atoms with van der Waals surface area (Å²) in [6.07, 6.45) is 1.12. The smallest absolute Gasteiger partial charge is 0.231 e. The zero-order valence-corrected chi connectivity index (χ0v) is 13.0. The van der Waals surface area contributed by atoms with Crippen molar-refractivity contribution in [1.82, 2.24) is 5.32 Å². The molecule has 120 valence electrons. The molecule has 0 radical (unpaired) electrons. The van der Waals surface area contributed by atoms with Crippen molar-refractivity contribution in [3.63, 3.8) is 0 Å². The van der Waals surface area contributed by atoms with Crippen molar-refractivity contribution in [3.05, 3.63) is 53.6 Å². The van der Waals surface area contributed by atoms with Crippen molar-refractivity contribution in [2.75, 3.05) is 20.4 Å². The van der Waals surface area contributed by atoms with Gasteiger partial charge >= 0.3 is 0 Å². The molecule has 0 atom stereocenters. The first-order valence-electron chi connectivity index (χ1n) is 7.53. The van der Waals surface area contributed by atoms with Crippen molar-refractivity contribution in [2.45, 2.75) is 12.8 Å². The number of carbonyl (C=O) groups is 1. The van der Waals surface area contributed by atoms with Crippen molar-refractivity contribution >= 4 is 5.91 Å². The molecule has 2 aromatic carbocycles. The van der Waals surface area contributed by atoms with E-state index in [4.69, 9.17) is 14.2 Å². The van der Waals surface area contributed by atoms with Gasteiger partial charge in [0.25, 0.3) is 0 Å². The minimum atomic E-state index is 0.0101. The lowest BCUT2D eigenvalue weighted by Gasteiger charge is -2.07. The maximum Gasteiger partial charge on any atom is 0.231 e. The molecule has 0 aromatic heterocycles. The van der Waals surface area contributed by atoms with Gasteiger partial charge < -0.3 is 19.5 Å². The predicted molar refractivity (Wildman–Crippen MR) is 86.0 cm³/mol. The fourth-order valence-electron chi connectivity index (χ4n) is 2.43. The van der Waals surface area contributed by atoms with Gasteiger partial charge in [0.05, 0.1) is 13.5 Å². The lowest BCUT2D eigenvalue weighted by molar-refractivity contribution is -0.120. The lowest BCUT2D eigenvalue weighted by Crippen LogP contribution is -2.27. The van der Waals surface area contributed by atoms with Crippen LogP contribution in [-0.2, 0) is 17.6 Å². The molecule has 0 spiro atoms. The number of rotatable bonds is 6. The van der Waals surface area contributed by atoms with Crippen molar-refractivity contribution < 1.29 is 19.0 Å². The van der Waals surface area contributed by atoms with E-state index in [2.05, 4.69) is 5.32 Å². The molecule has 0 saturated carbocycles. The molecule has 0 saturated heterocycles. The number of hydrogen-bond acceptors (Lipinski definition) is 4. The Morgan fingerprint density at radius 2 is 1.83 bits per heavy atom. The van der Waals surface area contributed by atoms with E-state index in [0.29, 0.717) is 13.0 Å². The van der Waals surface area contributed by atoms with E-state index in [1.807, 2.05) is 42.5 Å². The summed E-state index contributed by atoms with van der Waals surface area (Å²) < 4.78 is 15.7. The third-order valence-corrected chi connectivity index (χ3v) is 3.70. The van der Waals surface area contributed by atoms with Gasteiger partial charge in [-0.3, -0.25) is 4.79 Å². The number of benzene rings is 2. The number of hydrogen-bond donors (Lipinski definition) is 1. The molecule has 1 aliphatic rings. The van der Waals surface area contributed by atoms with Crippen LogP contribution in [0.25, 0.3) is 0 Å². The summed E-state index contributed by atoms with van der Waals surface area (Å²) in [6.45, 7) is 0.867. The van der Waals surface area contributed by atoms with Crippen LogP contribution in [0.5, 0.6) is 17.2 Å². The molecule has 3 rings (SSSR count). The molecule has 23 heavy (non-hydrogen) atoms. The average molecular weight is 313 g/mol. The SMILES string of the molecule is COc1ccc(CC(=O)NCCc2ccc3c(c2)OCO3)cc1. The third-order valence-electron chi connectivity index (χ3n) is 3.70. The maximum atomic E-state index is 12.0. The van der Waals surface area contributed by atoms with Crippen molar-refractivity contribution in [3.8, 4) is 17.2 Å². The van der Waals surface area contributed by atoms with Crippen LogP contribution in [0.15, 0.2) is 42.5 Å². The van der Waals surface area contributed by atoms with Gasteiger partial charge in [-0.2, -0.15) is 0 Å². The predicted octanol–water partition coefficient (Wildman–Crippen LogP) is 2.33. The molecular formula is C18H19NO4. The van der Waals surface area contributed by atoms with E-state index >= 15 is 0 Å². The van der Waals surface area contributed by atoms with Crippen LogP contribution >= 0.6 is 0 Å². The number of carbonyl (C=O) groups excluding carboxylic acids is 1. The molecular weight excluding hydrogens is 294 g/mol. The number of fused-ring (bicyclic) bond motifs is 1. The minimum absolute atomic E-state index is 0.0101. The van der Waals surface area contributed by atoms with E-state index in [1.54, 1.807) is 7.11 Å². The second-order valence-corrected chi connectivity index (χ2v) is 5.31. The van der Waals surface area contributed by atoms with E-state index in [0.717, 1.165) is 34.8 Å². The van der Waals surface area contributed by atoms with Gasteiger partial charge in [-0.25, -0.2) is 0 Å². The first kappa shape index (κ1) is 15.2. The van der Waals surface area contributed by atoms with Crippen LogP contribution in [0.3, 0.4) is 0 Å². The average Bonchev–Trinajstić information content (AvgIpc) is 3.03. The van der Waals surface area contributed by atoms with Crippen molar-refractivity contribution in [1.29, 1.82) is 0 Å². The highest BCUT2D eigenvalue weighted by atomic mass is 16.7. The standard InChI is InChI=1S/C18H19NO4/c1-21-15-5-2-13(3-6-15)11-18(20)19-9-8-14-4-7-16-17(10-14)23-12-22-16/h2-7,10H,8-9,11-12H2,1H3,(H,19,20). The molecule has 1 aliphatic heterocycles. The first-order chi connectivity index (χ1) is 11.2. The van der Waals surface area contributed by atoms with Gasteiger partial charge in [0.2, 0.25) is 12.7 Å². The first-order valence-corrected chi connectivity index (χ1v) is 7.53. The van der Waals surface area contributed by atoms with Crippen LogP contribution in [0.4, 0.5) is 0 Å². The van der Waals surface area contributed by atoms with Crippen LogP contribution in [0, 0.1) is 0 Å². The fraction of sp³-hybridized carbons (Fsp3) is 0.278. The molecule has 0 bridgehead atoms. The zero-order chi connectivity index (χ0) is 16.1. The molecule has 2 aromatic rings. The summed E-state index contributed by atoms with van der Waals surface area (Å²) >= 11 is 0. The monoisotopic (exact) mass is 313 g/mol. The molecule has 5 nitrogen and oxygen atoms in total. The molecule has 0 unspecified atom stereocenters. The Morgan fingerprint density at radius 1 is 1.09 bits per heavy atom. The van der Waals surface area contributed by atoms with Crippen LogP contribution in [0.1, 0.15) is 11.1 Å². The minimum Gasteiger partial charge on any atom is -0.497 e. The van der Waals surface area contributed by atoms with E-state index in [-0.39, 0.29) is 12.7 Å². The second kappa shape index (κ2) is 7.05. The number of nitrogens with one attached hydrogen (secondary N) is 1. The summed E-state index contributed by atoms with van der Waals surface area (Å²) in [5.74, 6) is 2.34. The Hall–Kier alpha value is -2.69. The highest BCUT2D eigenvalue weighted by molar-refractivity contribution is 5.78. The summed E-state index contributed by atoms with van der Waals surface area (Å²) in [4.78, 5) is 12.0. The normalized spacial score (nSPS) is 12.0. The Morgan fingerprint density at radius 3 is 2.61 bits per heavy atom. The van der Waals surface area contributed by atoms with Gasteiger partial charge in [-0.15, -0.1) is 0 Å². The highest BCUT2D eigenvalue weighted by Crippen LogP contribution is 2.32. The topological polar surface area (TPSA) is 56.8 Å². The number of methoxy groups -OCH3 is 1. The van der Waals surface area contributed by atoms with Crippen LogP contribution in [-0.4, -0.2) is 26.4 Å². The fourth-order valence-corrected chi connectivity index (χ4v) is 2.43. The summed E-state index contributed by atoms with van der Waals surface area (Å²) in [5.41, 5.74) is 2.07. The molecule has 1 N–H and O–H groups in total. The van der Waals surface area contributed by atoms with E-state index in [1.165, 1.54) is 0 Å². The van der Waals surface area contributed by atoms with Crippen LogP contribution in [0.2, 0.25) is 0 Å². The Labute approximate surface area is 135 Å².